The number of hydrogen-bond donors (Lipinski definition) is 0. The van der Waals surface area contributed by atoms with E-state index in [4.69, 9.17) is 9.72 Å². The van der Waals surface area contributed by atoms with Gasteiger partial charge in [-0.05, 0) is 48.9 Å². The van der Waals surface area contributed by atoms with Crippen LogP contribution in [0.5, 0.6) is 0 Å². The molecule has 8 heteroatoms. The van der Waals surface area contributed by atoms with E-state index in [0.29, 0.717) is 18.2 Å². The third-order valence-electron chi connectivity index (χ3n) is 4.96. The molecule has 8 nitrogen and oxygen atoms in total. The summed E-state index contributed by atoms with van der Waals surface area (Å²) in [6.07, 6.45) is 13.1. The van der Waals surface area contributed by atoms with E-state index in [-0.39, 0.29) is 12.4 Å². The zero-order valence-electron chi connectivity index (χ0n) is 16.9. The van der Waals surface area contributed by atoms with E-state index in [1.54, 1.807) is 24.0 Å². The van der Waals surface area contributed by atoms with Gasteiger partial charge in [0.05, 0.1) is 37.1 Å². The Morgan fingerprint density at radius 1 is 1.00 bits per heavy atom. The third kappa shape index (κ3) is 3.71. The molecular weight excluding hydrogens is 392 g/mol. The number of esters is 1. The van der Waals surface area contributed by atoms with Crippen LogP contribution in [-0.4, -0.2) is 41.5 Å². The molecule has 0 aliphatic rings. The second kappa shape index (κ2) is 7.91. The molecule has 4 heterocycles. The van der Waals surface area contributed by atoms with Gasteiger partial charge in [-0.1, -0.05) is 0 Å². The molecule has 0 atom stereocenters. The Labute approximate surface area is 178 Å². The first-order valence-corrected chi connectivity index (χ1v) is 9.97. The number of carbonyl (C=O) groups excluding carboxylic acids is 1. The maximum absolute atomic E-state index is 11.7. The SMILES string of the molecule is CCOC(=O)Cc1ccn(-c2cncc(-n3ncc4ccc(-n5cccc5)cc43)n2)c1. The van der Waals surface area contributed by atoms with Crippen molar-refractivity contribution in [3.05, 3.63) is 85.3 Å². The Balaban J connectivity index is 1.48. The lowest BCUT2D eigenvalue weighted by Gasteiger charge is -2.07. The molecule has 0 N–H and O–H groups in total. The summed E-state index contributed by atoms with van der Waals surface area (Å²) in [6.45, 7) is 2.17. The fourth-order valence-corrected chi connectivity index (χ4v) is 3.50. The van der Waals surface area contributed by atoms with Gasteiger partial charge in [0, 0.05) is 35.9 Å². The fraction of sp³-hybridized carbons (Fsp3) is 0.130. The predicted octanol–water partition coefficient (Wildman–Crippen LogP) is 3.50. The highest BCUT2D eigenvalue weighted by Crippen LogP contribution is 2.21. The van der Waals surface area contributed by atoms with Crippen LogP contribution in [-0.2, 0) is 16.0 Å². The summed E-state index contributed by atoms with van der Waals surface area (Å²) >= 11 is 0. The molecule has 5 rings (SSSR count). The highest BCUT2D eigenvalue weighted by Gasteiger charge is 2.11. The molecule has 5 aromatic rings. The van der Waals surface area contributed by atoms with E-state index in [2.05, 4.69) is 22.2 Å². The summed E-state index contributed by atoms with van der Waals surface area (Å²) in [6, 6.07) is 12.0. The van der Waals surface area contributed by atoms with Crippen molar-refractivity contribution in [2.24, 2.45) is 0 Å². The summed E-state index contributed by atoms with van der Waals surface area (Å²) in [5, 5.41) is 5.54. The first-order valence-electron chi connectivity index (χ1n) is 9.97. The van der Waals surface area contributed by atoms with Crippen LogP contribution in [0, 0.1) is 0 Å². The summed E-state index contributed by atoms with van der Waals surface area (Å²) in [5.74, 6) is 0.997. The molecular formula is C23H20N6O2. The standard InChI is InChI=1S/C23H20N6O2/c1-2-31-23(30)11-17-7-10-28(16-17)21-14-24-15-22(26-21)29-20-12-19(27-8-3-4-9-27)6-5-18(20)13-25-29/h3-10,12-16H,2,11H2,1H3. The van der Waals surface area contributed by atoms with Crippen LogP contribution in [0.1, 0.15) is 12.5 Å². The molecule has 0 radical (unpaired) electrons. The number of rotatable bonds is 6. The van der Waals surface area contributed by atoms with Crippen molar-refractivity contribution in [2.45, 2.75) is 13.3 Å². The van der Waals surface area contributed by atoms with Gasteiger partial charge >= 0.3 is 5.97 Å². The molecule has 0 unspecified atom stereocenters. The molecule has 0 bridgehead atoms. The molecule has 154 valence electrons. The second-order valence-corrected chi connectivity index (χ2v) is 7.03. The Hall–Kier alpha value is -4.20. The van der Waals surface area contributed by atoms with Gasteiger partial charge in [0.25, 0.3) is 0 Å². The van der Waals surface area contributed by atoms with Crippen molar-refractivity contribution in [1.29, 1.82) is 0 Å². The van der Waals surface area contributed by atoms with Crippen LogP contribution < -0.4 is 0 Å². The highest BCUT2D eigenvalue weighted by molar-refractivity contribution is 5.82. The Kier molecular flexibility index (Phi) is 4.80. The molecule has 0 amide bonds. The largest absolute Gasteiger partial charge is 0.466 e. The van der Waals surface area contributed by atoms with Crippen LogP contribution in [0.25, 0.3) is 28.2 Å². The monoisotopic (exact) mass is 412 g/mol. The number of hydrogen-bond acceptors (Lipinski definition) is 5. The van der Waals surface area contributed by atoms with Gasteiger partial charge in [0.15, 0.2) is 11.6 Å². The summed E-state index contributed by atoms with van der Waals surface area (Å²) in [4.78, 5) is 20.8. The van der Waals surface area contributed by atoms with Crippen molar-refractivity contribution in [2.75, 3.05) is 6.61 Å². The van der Waals surface area contributed by atoms with Crippen LogP contribution >= 0.6 is 0 Å². The van der Waals surface area contributed by atoms with Gasteiger partial charge in [0.2, 0.25) is 0 Å². The van der Waals surface area contributed by atoms with Gasteiger partial charge in [-0.3, -0.25) is 9.78 Å². The smallest absolute Gasteiger partial charge is 0.310 e. The maximum atomic E-state index is 11.7. The lowest BCUT2D eigenvalue weighted by atomic mass is 10.2. The van der Waals surface area contributed by atoms with Crippen molar-refractivity contribution >= 4 is 16.9 Å². The molecule has 0 saturated carbocycles. The number of nitrogens with zero attached hydrogens (tertiary/aromatic N) is 6. The minimum Gasteiger partial charge on any atom is -0.466 e. The van der Waals surface area contributed by atoms with E-state index in [1.807, 2.05) is 64.4 Å². The average molecular weight is 412 g/mol. The van der Waals surface area contributed by atoms with E-state index < -0.39 is 0 Å². The Morgan fingerprint density at radius 3 is 2.68 bits per heavy atom. The van der Waals surface area contributed by atoms with Gasteiger partial charge < -0.3 is 13.9 Å². The molecule has 31 heavy (non-hydrogen) atoms. The summed E-state index contributed by atoms with van der Waals surface area (Å²) in [5.41, 5.74) is 2.83. The lowest BCUT2D eigenvalue weighted by Crippen LogP contribution is -2.07. The first kappa shape index (κ1) is 18.8. The number of benzene rings is 1. The zero-order valence-corrected chi connectivity index (χ0v) is 16.9. The summed E-state index contributed by atoms with van der Waals surface area (Å²) in [7, 11) is 0. The van der Waals surface area contributed by atoms with Crippen LogP contribution in [0.3, 0.4) is 0 Å². The number of carbonyl (C=O) groups is 1. The topological polar surface area (TPSA) is 79.8 Å². The number of fused-ring (bicyclic) bond motifs is 1. The summed E-state index contributed by atoms with van der Waals surface area (Å²) < 4.78 is 10.7. The highest BCUT2D eigenvalue weighted by atomic mass is 16.5. The molecule has 0 aliphatic carbocycles. The van der Waals surface area contributed by atoms with E-state index >= 15 is 0 Å². The van der Waals surface area contributed by atoms with Crippen LogP contribution in [0.15, 0.2) is 79.8 Å². The van der Waals surface area contributed by atoms with Gasteiger partial charge in [-0.25, -0.2) is 9.67 Å². The normalized spacial score (nSPS) is 11.1. The third-order valence-corrected chi connectivity index (χ3v) is 4.96. The quantitative estimate of drug-likeness (QED) is 0.399. The van der Waals surface area contributed by atoms with Crippen molar-refractivity contribution in [3.8, 4) is 17.3 Å². The van der Waals surface area contributed by atoms with Crippen molar-refractivity contribution in [1.82, 2.24) is 28.9 Å². The predicted molar refractivity (Wildman–Crippen MR) is 116 cm³/mol. The zero-order chi connectivity index (χ0) is 21.2. The van der Waals surface area contributed by atoms with E-state index in [0.717, 1.165) is 22.2 Å². The van der Waals surface area contributed by atoms with Gasteiger partial charge in [-0.15, -0.1) is 0 Å². The Morgan fingerprint density at radius 2 is 1.84 bits per heavy atom. The first-order chi connectivity index (χ1) is 15.2. The maximum Gasteiger partial charge on any atom is 0.310 e. The minimum atomic E-state index is -0.249. The second-order valence-electron chi connectivity index (χ2n) is 7.03. The molecule has 1 aromatic carbocycles. The van der Waals surface area contributed by atoms with Crippen molar-refractivity contribution < 1.29 is 9.53 Å². The molecule has 0 aliphatic heterocycles. The lowest BCUT2D eigenvalue weighted by molar-refractivity contribution is -0.142. The number of ether oxygens (including phenoxy) is 1. The van der Waals surface area contributed by atoms with Crippen LogP contribution in [0.2, 0.25) is 0 Å². The fourth-order valence-electron chi connectivity index (χ4n) is 3.50. The average Bonchev–Trinajstić information content (AvgIpc) is 3.54. The molecule has 4 aromatic heterocycles. The van der Waals surface area contributed by atoms with Gasteiger partial charge in [0.1, 0.15) is 0 Å². The number of aromatic nitrogens is 6. The Bertz CT molecular complexity index is 1350. The minimum absolute atomic E-state index is 0.222. The van der Waals surface area contributed by atoms with Gasteiger partial charge in [-0.2, -0.15) is 5.10 Å². The van der Waals surface area contributed by atoms with E-state index in [1.165, 1.54) is 0 Å². The van der Waals surface area contributed by atoms with Crippen molar-refractivity contribution in [3.63, 3.8) is 0 Å². The molecule has 0 saturated heterocycles. The van der Waals surface area contributed by atoms with Crippen LogP contribution in [0.4, 0.5) is 0 Å². The molecule has 0 fully saturated rings. The van der Waals surface area contributed by atoms with E-state index in [9.17, 15) is 4.79 Å². The molecule has 0 spiro atoms.